The molecule has 1 aromatic heterocycles. The first kappa shape index (κ1) is 20.7. The van der Waals surface area contributed by atoms with E-state index >= 15 is 0 Å². The van der Waals surface area contributed by atoms with Gasteiger partial charge in [0, 0.05) is 48.0 Å². The lowest BCUT2D eigenvalue weighted by Gasteiger charge is -2.39. The summed E-state index contributed by atoms with van der Waals surface area (Å²) in [4.78, 5) is 4.48. The van der Waals surface area contributed by atoms with Gasteiger partial charge in [0.05, 0.1) is 0 Å². The molecule has 1 aliphatic rings. The highest BCUT2D eigenvalue weighted by Crippen LogP contribution is 2.33. The van der Waals surface area contributed by atoms with Crippen LogP contribution in [0.25, 0.3) is 11.5 Å². The highest BCUT2D eigenvalue weighted by Gasteiger charge is 2.32. The maximum atomic E-state index is 14.9. The second kappa shape index (κ2) is 9.10. The maximum absolute atomic E-state index is 14.9. The van der Waals surface area contributed by atoms with E-state index in [0.29, 0.717) is 35.5 Å². The van der Waals surface area contributed by atoms with Gasteiger partial charge in [0.15, 0.2) is 0 Å². The van der Waals surface area contributed by atoms with Gasteiger partial charge in [-0.15, -0.1) is 10.2 Å². The predicted molar refractivity (Wildman–Crippen MR) is 123 cm³/mol. The molecular formula is C25H22ClFN4O. The Balaban J connectivity index is 1.43. The van der Waals surface area contributed by atoms with Gasteiger partial charge in [-0.05, 0) is 36.4 Å². The van der Waals surface area contributed by atoms with Crippen LogP contribution in [-0.2, 0) is 0 Å². The van der Waals surface area contributed by atoms with E-state index in [-0.39, 0.29) is 5.82 Å². The van der Waals surface area contributed by atoms with E-state index in [1.165, 1.54) is 6.07 Å². The Hall–Kier alpha value is -3.22. The smallest absolute Gasteiger partial charge is 0.247 e. The topological polar surface area (TPSA) is 45.4 Å². The van der Waals surface area contributed by atoms with Crippen LogP contribution in [0.15, 0.2) is 83.3 Å². The summed E-state index contributed by atoms with van der Waals surface area (Å²) in [7, 11) is 0. The second-order valence-electron chi connectivity index (χ2n) is 7.74. The second-order valence-corrected chi connectivity index (χ2v) is 8.17. The molecule has 1 aliphatic heterocycles. The van der Waals surface area contributed by atoms with Crippen molar-refractivity contribution in [3.8, 4) is 11.5 Å². The van der Waals surface area contributed by atoms with Crippen LogP contribution >= 0.6 is 11.6 Å². The van der Waals surface area contributed by atoms with Crippen LogP contribution in [0.4, 0.5) is 10.1 Å². The van der Waals surface area contributed by atoms with E-state index in [2.05, 4.69) is 26.1 Å². The van der Waals surface area contributed by atoms with Gasteiger partial charge in [-0.3, -0.25) is 4.90 Å². The van der Waals surface area contributed by atoms with E-state index in [0.717, 1.165) is 24.3 Å². The third-order valence-corrected chi connectivity index (χ3v) is 5.98. The summed E-state index contributed by atoms with van der Waals surface area (Å²) in [5.41, 5.74) is 2.46. The number of benzene rings is 3. The third-order valence-electron chi connectivity index (χ3n) is 5.75. The number of rotatable bonds is 5. The summed E-state index contributed by atoms with van der Waals surface area (Å²) in [5.74, 6) is 0.541. The summed E-state index contributed by atoms with van der Waals surface area (Å²) in [6.45, 7) is 3.00. The highest BCUT2D eigenvalue weighted by atomic mass is 35.5. The lowest BCUT2D eigenvalue weighted by Crippen LogP contribution is -2.48. The van der Waals surface area contributed by atoms with E-state index in [1.807, 2.05) is 54.6 Å². The van der Waals surface area contributed by atoms with Gasteiger partial charge in [-0.25, -0.2) is 4.39 Å². The molecule has 0 radical (unpaired) electrons. The SMILES string of the molecule is Fc1ccccc1C(c1nnc(-c2ccccc2)o1)N1CCN(c2cccc(Cl)c2)CC1. The zero-order valence-corrected chi connectivity index (χ0v) is 18.1. The summed E-state index contributed by atoms with van der Waals surface area (Å²) >= 11 is 6.17. The molecule has 1 saturated heterocycles. The van der Waals surface area contributed by atoms with Gasteiger partial charge in [-0.1, -0.05) is 54.1 Å². The minimum atomic E-state index is -0.456. The van der Waals surface area contributed by atoms with Gasteiger partial charge < -0.3 is 9.32 Å². The van der Waals surface area contributed by atoms with Crippen LogP contribution in [0, 0.1) is 5.82 Å². The Morgan fingerprint density at radius 1 is 0.844 bits per heavy atom. The van der Waals surface area contributed by atoms with Crippen molar-refractivity contribution >= 4 is 17.3 Å². The highest BCUT2D eigenvalue weighted by molar-refractivity contribution is 6.30. The molecule has 162 valence electrons. The van der Waals surface area contributed by atoms with E-state index in [1.54, 1.807) is 12.1 Å². The summed E-state index contributed by atoms with van der Waals surface area (Å²) in [6.07, 6.45) is 0. The van der Waals surface area contributed by atoms with Crippen LogP contribution in [-0.4, -0.2) is 41.3 Å². The summed E-state index contributed by atoms with van der Waals surface area (Å²) in [6, 6.07) is 23.8. The number of aromatic nitrogens is 2. The van der Waals surface area contributed by atoms with Gasteiger partial charge in [0.2, 0.25) is 11.8 Å². The molecule has 0 N–H and O–H groups in total. The number of hydrogen-bond donors (Lipinski definition) is 0. The van der Waals surface area contributed by atoms with Crippen molar-refractivity contribution in [2.45, 2.75) is 6.04 Å². The van der Waals surface area contributed by atoms with Gasteiger partial charge in [0.25, 0.3) is 0 Å². The Kier molecular flexibility index (Phi) is 5.88. The minimum absolute atomic E-state index is 0.283. The van der Waals surface area contributed by atoms with Crippen molar-refractivity contribution in [3.63, 3.8) is 0 Å². The molecule has 2 heterocycles. The van der Waals surface area contributed by atoms with Crippen LogP contribution in [0.1, 0.15) is 17.5 Å². The molecule has 5 rings (SSSR count). The Labute approximate surface area is 191 Å². The number of anilines is 1. The lowest BCUT2D eigenvalue weighted by molar-refractivity contribution is 0.184. The average molecular weight is 449 g/mol. The lowest BCUT2D eigenvalue weighted by atomic mass is 10.0. The number of hydrogen-bond acceptors (Lipinski definition) is 5. The van der Waals surface area contributed by atoms with Crippen LogP contribution in [0.2, 0.25) is 5.02 Å². The molecule has 1 fully saturated rings. The van der Waals surface area contributed by atoms with Gasteiger partial charge in [-0.2, -0.15) is 0 Å². The zero-order chi connectivity index (χ0) is 21.9. The molecule has 4 aromatic rings. The maximum Gasteiger partial charge on any atom is 0.247 e. The Morgan fingerprint density at radius 3 is 2.34 bits per heavy atom. The monoisotopic (exact) mass is 448 g/mol. The first-order valence-electron chi connectivity index (χ1n) is 10.6. The molecule has 7 heteroatoms. The fraction of sp³-hybridized carbons (Fsp3) is 0.200. The van der Waals surface area contributed by atoms with Crippen LogP contribution in [0.5, 0.6) is 0 Å². The number of halogens is 2. The predicted octanol–water partition coefficient (Wildman–Crippen LogP) is 5.44. The van der Waals surface area contributed by atoms with E-state index in [9.17, 15) is 4.39 Å². The number of piperazine rings is 1. The molecule has 0 aliphatic carbocycles. The van der Waals surface area contributed by atoms with Crippen molar-refractivity contribution in [2.24, 2.45) is 0 Å². The first-order chi connectivity index (χ1) is 15.7. The van der Waals surface area contributed by atoms with Crippen molar-refractivity contribution in [3.05, 3.63) is 101 Å². The van der Waals surface area contributed by atoms with Crippen molar-refractivity contribution < 1.29 is 8.81 Å². The molecular weight excluding hydrogens is 427 g/mol. The Morgan fingerprint density at radius 2 is 1.59 bits per heavy atom. The average Bonchev–Trinajstić information content (AvgIpc) is 3.31. The van der Waals surface area contributed by atoms with E-state index < -0.39 is 6.04 Å². The first-order valence-corrected chi connectivity index (χ1v) is 10.9. The Bertz CT molecular complexity index is 1190. The molecule has 5 nitrogen and oxygen atoms in total. The fourth-order valence-electron chi connectivity index (χ4n) is 4.14. The number of nitrogens with zero attached hydrogens (tertiary/aromatic N) is 4. The largest absolute Gasteiger partial charge is 0.419 e. The van der Waals surface area contributed by atoms with Crippen LogP contribution < -0.4 is 4.90 Å². The quantitative estimate of drug-likeness (QED) is 0.406. The third kappa shape index (κ3) is 4.24. The molecule has 0 spiro atoms. The molecule has 32 heavy (non-hydrogen) atoms. The standard InChI is InChI=1S/C25H22ClFN4O/c26-19-9-6-10-20(17-19)30-13-15-31(16-14-30)23(21-11-4-5-12-22(21)27)25-29-28-24(32-25)18-7-2-1-3-8-18/h1-12,17,23H,13-16H2. The normalized spacial score (nSPS) is 15.6. The fourth-order valence-corrected chi connectivity index (χ4v) is 4.32. The van der Waals surface area contributed by atoms with Crippen molar-refractivity contribution in [2.75, 3.05) is 31.1 Å². The molecule has 1 atom stereocenters. The minimum Gasteiger partial charge on any atom is -0.419 e. The van der Waals surface area contributed by atoms with Crippen LogP contribution in [0.3, 0.4) is 0 Å². The zero-order valence-electron chi connectivity index (χ0n) is 17.4. The molecule has 0 amide bonds. The molecule has 0 bridgehead atoms. The molecule has 0 saturated carbocycles. The van der Waals surface area contributed by atoms with Gasteiger partial charge >= 0.3 is 0 Å². The molecule has 1 unspecified atom stereocenters. The van der Waals surface area contributed by atoms with Gasteiger partial charge in [0.1, 0.15) is 11.9 Å². The van der Waals surface area contributed by atoms with E-state index in [4.69, 9.17) is 16.0 Å². The summed E-state index contributed by atoms with van der Waals surface area (Å²) < 4.78 is 20.9. The van der Waals surface area contributed by atoms with Crippen molar-refractivity contribution in [1.29, 1.82) is 0 Å². The van der Waals surface area contributed by atoms with Crippen molar-refractivity contribution in [1.82, 2.24) is 15.1 Å². The molecule has 3 aromatic carbocycles. The summed E-state index contributed by atoms with van der Waals surface area (Å²) in [5, 5.41) is 9.27.